The number of ether oxygens (including phenoxy) is 1. The maximum absolute atomic E-state index is 14.0. The van der Waals surface area contributed by atoms with Gasteiger partial charge < -0.3 is 28.4 Å². The van der Waals surface area contributed by atoms with Crippen molar-refractivity contribution in [3.05, 3.63) is 112 Å². The molecule has 51 heavy (non-hydrogen) atoms. The number of rotatable bonds is 12. The van der Waals surface area contributed by atoms with Gasteiger partial charge in [-0.05, 0) is 90.8 Å². The van der Waals surface area contributed by atoms with Crippen LogP contribution in [0, 0.1) is 0 Å². The summed E-state index contributed by atoms with van der Waals surface area (Å²) in [6.07, 6.45) is 5.19. The number of carbonyl (C=O) groups is 1. The number of imidazole rings is 1. The molecule has 2 atom stereocenters. The summed E-state index contributed by atoms with van der Waals surface area (Å²) in [4.78, 5) is 25.7. The summed E-state index contributed by atoms with van der Waals surface area (Å²) >= 11 is 12.8. The number of hydrogen-bond donors (Lipinski definition) is 0. The second-order valence-corrected chi connectivity index (χ2v) is 13.8. The molecule has 2 aromatic heterocycles. The van der Waals surface area contributed by atoms with Gasteiger partial charge in [0.2, 0.25) is 5.95 Å². The monoisotopic (exact) mass is 726 g/mol. The van der Waals surface area contributed by atoms with Gasteiger partial charge in [0, 0.05) is 39.1 Å². The van der Waals surface area contributed by atoms with E-state index in [0.29, 0.717) is 34.4 Å². The Morgan fingerprint density at radius 2 is 1.90 bits per heavy atom. The molecule has 1 amide bonds. The van der Waals surface area contributed by atoms with Gasteiger partial charge in [0.25, 0.3) is 5.91 Å². The number of anilines is 1. The van der Waals surface area contributed by atoms with E-state index in [0.717, 1.165) is 79.4 Å². The topological polar surface area (TPSA) is 104 Å². The molecule has 7 rings (SSSR count). The molecule has 0 aliphatic carbocycles. The fourth-order valence-corrected chi connectivity index (χ4v) is 7.24. The van der Waals surface area contributed by atoms with Crippen molar-refractivity contribution in [2.45, 2.75) is 31.3 Å². The molecule has 4 heterocycles. The third-order valence-electron chi connectivity index (χ3n) is 9.68. The van der Waals surface area contributed by atoms with Crippen LogP contribution < -0.4 is 9.64 Å². The van der Waals surface area contributed by atoms with Gasteiger partial charge in [-0.15, -0.1) is 5.10 Å². The highest BCUT2D eigenvalue weighted by atomic mass is 35.5. The van der Waals surface area contributed by atoms with Gasteiger partial charge in [0.05, 0.1) is 52.8 Å². The Balaban J connectivity index is 1.06. The first-order chi connectivity index (χ1) is 24.9. The summed E-state index contributed by atoms with van der Waals surface area (Å²) in [6, 6.07) is 23.1. The summed E-state index contributed by atoms with van der Waals surface area (Å²) in [5.74, 6) is 2.23. The van der Waals surface area contributed by atoms with Gasteiger partial charge in [-0.1, -0.05) is 47.5 Å². The van der Waals surface area contributed by atoms with E-state index < -0.39 is 0 Å². The van der Waals surface area contributed by atoms with Gasteiger partial charge in [-0.25, -0.2) is 4.98 Å². The van der Waals surface area contributed by atoms with Crippen LogP contribution in [0.1, 0.15) is 52.0 Å². The van der Waals surface area contributed by atoms with Gasteiger partial charge >= 0.3 is 0 Å². The standard InChI is InChI=1S/C38H40Cl2N8O3/c1-45(37(49)30-21-27(11-13-36(30)50-2)34-23-41-44-43-34)24-28(26-10-12-31(39)32(40)22-26)14-17-46-15-6-16-47(19-18-46)38-42-33-8-3-4-9-35(33)48(38)25-29-7-5-20-51-29/h3-5,7-13,20-23,28,34H,6,14-19,24-25H2,1-2H3. The second-order valence-electron chi connectivity index (χ2n) is 13.0. The minimum Gasteiger partial charge on any atom is -0.496 e. The van der Waals surface area contributed by atoms with Gasteiger partial charge in [0.1, 0.15) is 17.6 Å². The van der Waals surface area contributed by atoms with E-state index in [2.05, 4.69) is 48.0 Å². The van der Waals surface area contributed by atoms with E-state index in [1.807, 2.05) is 55.6 Å². The van der Waals surface area contributed by atoms with Crippen LogP contribution in [-0.4, -0.2) is 84.9 Å². The first-order valence-corrected chi connectivity index (χ1v) is 17.9. The van der Waals surface area contributed by atoms with Crippen molar-refractivity contribution in [3.63, 3.8) is 0 Å². The average molecular weight is 728 g/mol. The Hall–Kier alpha value is -4.71. The van der Waals surface area contributed by atoms with Crippen molar-refractivity contribution in [2.24, 2.45) is 15.4 Å². The predicted octanol–water partition coefficient (Wildman–Crippen LogP) is 7.94. The third-order valence-corrected chi connectivity index (χ3v) is 10.4. The van der Waals surface area contributed by atoms with Gasteiger partial charge in [-0.2, -0.15) is 5.11 Å². The minimum atomic E-state index is -0.323. The van der Waals surface area contributed by atoms with Crippen LogP contribution >= 0.6 is 23.2 Å². The highest BCUT2D eigenvalue weighted by molar-refractivity contribution is 6.42. The van der Waals surface area contributed by atoms with Crippen molar-refractivity contribution in [3.8, 4) is 5.75 Å². The number of benzene rings is 3. The SMILES string of the molecule is COc1ccc(C2C=NN=N2)cc1C(=O)N(C)CC(CCN1CCCN(c2nc3ccccc3n2Cc2ccco2)CC1)c1ccc(Cl)c(Cl)c1. The van der Waals surface area contributed by atoms with Crippen LogP contribution in [0.15, 0.2) is 98.9 Å². The molecule has 0 radical (unpaired) electrons. The molecule has 2 aliphatic rings. The lowest BCUT2D eigenvalue weighted by Crippen LogP contribution is -2.35. The molecule has 264 valence electrons. The van der Waals surface area contributed by atoms with Crippen LogP contribution in [0.3, 0.4) is 0 Å². The van der Waals surface area contributed by atoms with E-state index in [-0.39, 0.29) is 17.9 Å². The first-order valence-electron chi connectivity index (χ1n) is 17.1. The normalized spacial score (nSPS) is 16.9. The highest BCUT2D eigenvalue weighted by Gasteiger charge is 2.26. The second kappa shape index (κ2) is 15.7. The number of furan rings is 1. The predicted molar refractivity (Wildman–Crippen MR) is 201 cm³/mol. The molecule has 2 aliphatic heterocycles. The van der Waals surface area contributed by atoms with E-state index in [4.69, 9.17) is 37.3 Å². The Bertz CT molecular complexity index is 2030. The molecule has 11 nitrogen and oxygen atoms in total. The Kier molecular flexibility index (Phi) is 10.7. The lowest BCUT2D eigenvalue weighted by molar-refractivity contribution is 0.0779. The molecule has 0 saturated carbocycles. The number of methoxy groups -OCH3 is 1. The largest absolute Gasteiger partial charge is 0.496 e. The van der Waals surface area contributed by atoms with Crippen LogP contribution in [0.25, 0.3) is 11.0 Å². The Morgan fingerprint density at radius 1 is 1.02 bits per heavy atom. The highest BCUT2D eigenvalue weighted by Crippen LogP contribution is 2.32. The Morgan fingerprint density at radius 3 is 2.69 bits per heavy atom. The zero-order valence-electron chi connectivity index (χ0n) is 28.7. The minimum absolute atomic E-state index is 0.00973. The van der Waals surface area contributed by atoms with Crippen LogP contribution in [0.4, 0.5) is 5.95 Å². The van der Waals surface area contributed by atoms with E-state index in [1.165, 1.54) is 0 Å². The molecular weight excluding hydrogens is 687 g/mol. The maximum Gasteiger partial charge on any atom is 0.257 e. The van der Waals surface area contributed by atoms with Crippen LogP contribution in [-0.2, 0) is 6.54 Å². The van der Waals surface area contributed by atoms with Gasteiger partial charge in [-0.3, -0.25) is 4.79 Å². The number of hydrogen-bond acceptors (Lipinski definition) is 9. The molecule has 5 aromatic rings. The molecule has 0 bridgehead atoms. The number of halogens is 2. The summed E-state index contributed by atoms with van der Waals surface area (Å²) in [7, 11) is 3.40. The van der Waals surface area contributed by atoms with E-state index in [9.17, 15) is 4.79 Å². The van der Waals surface area contributed by atoms with Crippen molar-refractivity contribution in [1.29, 1.82) is 0 Å². The summed E-state index contributed by atoms with van der Waals surface area (Å²) in [5.41, 5.74) is 4.40. The molecule has 1 saturated heterocycles. The smallest absolute Gasteiger partial charge is 0.257 e. The third kappa shape index (κ3) is 7.80. The van der Waals surface area contributed by atoms with Crippen molar-refractivity contribution >= 4 is 52.3 Å². The fraction of sp³-hybridized carbons (Fsp3) is 0.342. The zero-order valence-corrected chi connectivity index (χ0v) is 30.2. The number of nitrogens with zero attached hydrogens (tertiary/aromatic N) is 8. The van der Waals surface area contributed by atoms with Gasteiger partial charge in [0.15, 0.2) is 0 Å². The fourth-order valence-electron chi connectivity index (χ4n) is 6.94. The Labute approximate surface area is 307 Å². The molecule has 0 N–H and O–H groups in total. The lowest BCUT2D eigenvalue weighted by atomic mass is 9.94. The molecule has 1 fully saturated rings. The van der Waals surface area contributed by atoms with Crippen LogP contribution in [0.5, 0.6) is 5.75 Å². The van der Waals surface area contributed by atoms with Crippen molar-refractivity contribution in [2.75, 3.05) is 58.3 Å². The number of aromatic nitrogens is 2. The average Bonchev–Trinajstić information content (AvgIpc) is 3.92. The molecular formula is C38H40Cl2N8O3. The first kappa shape index (κ1) is 34.7. The quantitative estimate of drug-likeness (QED) is 0.129. The van der Waals surface area contributed by atoms with E-state index in [1.54, 1.807) is 30.6 Å². The number of likely N-dealkylation sites (N-methyl/N-ethyl adjacent to an activating group) is 1. The number of fused-ring (bicyclic) bond motifs is 1. The van der Waals surface area contributed by atoms with Crippen LogP contribution in [0.2, 0.25) is 10.0 Å². The molecule has 2 unspecified atom stereocenters. The zero-order chi connectivity index (χ0) is 35.3. The molecule has 3 aromatic carbocycles. The van der Waals surface area contributed by atoms with Crippen molar-refractivity contribution < 1.29 is 13.9 Å². The number of carbonyl (C=O) groups excluding carboxylic acids is 1. The summed E-state index contributed by atoms with van der Waals surface area (Å²) in [5, 5.41) is 12.7. The summed E-state index contributed by atoms with van der Waals surface area (Å²) in [6.45, 7) is 5.55. The number of para-hydroxylation sites is 2. The summed E-state index contributed by atoms with van der Waals surface area (Å²) < 4.78 is 13.6. The van der Waals surface area contributed by atoms with Crippen molar-refractivity contribution in [1.82, 2.24) is 19.4 Å². The lowest BCUT2D eigenvalue weighted by Gasteiger charge is -2.28. The van der Waals surface area contributed by atoms with E-state index >= 15 is 0 Å². The molecule has 13 heteroatoms. The molecule has 0 spiro atoms. The number of amides is 1. The maximum atomic E-state index is 14.0.